The fourth-order valence-corrected chi connectivity index (χ4v) is 2.15. The van der Waals surface area contributed by atoms with Gasteiger partial charge in [-0.2, -0.15) is 30.7 Å². The van der Waals surface area contributed by atoms with E-state index in [0.717, 1.165) is 12.1 Å². The zero-order valence-corrected chi connectivity index (χ0v) is 14.5. The average molecular weight is 409 g/mol. The van der Waals surface area contributed by atoms with Gasteiger partial charge in [-0.05, 0) is 48.5 Å². The molecule has 0 saturated carbocycles. The van der Waals surface area contributed by atoms with Crippen molar-refractivity contribution in [2.24, 2.45) is 0 Å². The maximum atomic E-state index is 13.6. The fourth-order valence-electron chi connectivity index (χ4n) is 2.15. The molecule has 2 aromatic carbocycles. The van der Waals surface area contributed by atoms with Crippen molar-refractivity contribution in [2.45, 2.75) is 18.0 Å². The largest absolute Gasteiger partial charge is 0.460 e. The standard InChI is InChI=1S/C18H14F7NO2/c1-26(2)15(27)11-3-7-13(8-4-11)28-14-9-5-12(6-10-14)16(19,20)17(21,22)18(23,24)25/h3-10H,1-2H3. The van der Waals surface area contributed by atoms with Crippen molar-refractivity contribution < 1.29 is 40.3 Å². The van der Waals surface area contributed by atoms with Crippen LogP contribution < -0.4 is 4.74 Å². The Morgan fingerprint density at radius 2 is 1.21 bits per heavy atom. The van der Waals surface area contributed by atoms with Crippen molar-refractivity contribution in [2.75, 3.05) is 14.1 Å². The second-order valence-electron chi connectivity index (χ2n) is 6.00. The Morgan fingerprint density at radius 3 is 1.61 bits per heavy atom. The van der Waals surface area contributed by atoms with Crippen LogP contribution in [0.4, 0.5) is 30.7 Å². The first kappa shape index (κ1) is 21.5. The molecule has 0 spiro atoms. The number of amides is 1. The van der Waals surface area contributed by atoms with Gasteiger partial charge in [-0.3, -0.25) is 4.79 Å². The van der Waals surface area contributed by atoms with E-state index in [1.165, 1.54) is 29.2 Å². The SMILES string of the molecule is CN(C)C(=O)c1ccc(Oc2ccc(C(F)(F)C(F)(F)C(F)(F)F)cc2)cc1. The first-order valence-corrected chi connectivity index (χ1v) is 7.70. The fraction of sp³-hybridized carbons (Fsp3) is 0.278. The summed E-state index contributed by atoms with van der Waals surface area (Å²) in [5, 5.41) is 0. The lowest BCUT2D eigenvalue weighted by Crippen LogP contribution is -2.49. The van der Waals surface area contributed by atoms with E-state index in [2.05, 4.69) is 0 Å². The second kappa shape index (κ2) is 7.33. The molecule has 0 aliphatic rings. The Bertz CT molecular complexity index is 829. The van der Waals surface area contributed by atoms with Gasteiger partial charge in [0, 0.05) is 25.2 Å². The topological polar surface area (TPSA) is 29.5 Å². The summed E-state index contributed by atoms with van der Waals surface area (Å²) in [7, 11) is 3.12. The Morgan fingerprint density at radius 1 is 0.786 bits per heavy atom. The predicted molar refractivity (Wildman–Crippen MR) is 85.9 cm³/mol. The number of rotatable bonds is 5. The molecule has 0 aliphatic heterocycles. The minimum absolute atomic E-state index is 0.0680. The van der Waals surface area contributed by atoms with Crippen molar-refractivity contribution in [1.82, 2.24) is 4.90 Å². The summed E-state index contributed by atoms with van der Waals surface area (Å²) in [6, 6.07) is 8.27. The third-order valence-corrected chi connectivity index (χ3v) is 3.71. The highest BCUT2D eigenvalue weighted by atomic mass is 19.4. The first-order chi connectivity index (χ1) is 12.8. The van der Waals surface area contributed by atoms with Crippen LogP contribution in [0.3, 0.4) is 0 Å². The summed E-state index contributed by atoms with van der Waals surface area (Å²) in [6.07, 6.45) is -6.41. The Balaban J connectivity index is 2.18. The summed E-state index contributed by atoms with van der Waals surface area (Å²) in [6.45, 7) is 0. The molecule has 1 amide bonds. The molecular formula is C18H14F7NO2. The maximum Gasteiger partial charge on any atom is 0.460 e. The highest BCUT2D eigenvalue weighted by molar-refractivity contribution is 5.93. The molecule has 0 saturated heterocycles. The highest BCUT2D eigenvalue weighted by Crippen LogP contribution is 2.51. The summed E-state index contributed by atoms with van der Waals surface area (Å²) >= 11 is 0. The molecule has 10 heteroatoms. The van der Waals surface area contributed by atoms with Crippen LogP contribution in [0.1, 0.15) is 15.9 Å². The van der Waals surface area contributed by atoms with Crippen LogP contribution in [0.25, 0.3) is 0 Å². The minimum atomic E-state index is -6.41. The molecule has 0 bridgehead atoms. The summed E-state index contributed by atoms with van der Waals surface area (Å²) in [5.74, 6) is -11.8. The summed E-state index contributed by atoms with van der Waals surface area (Å²) in [5.41, 5.74) is -1.14. The number of hydrogen-bond donors (Lipinski definition) is 0. The van der Waals surface area contributed by atoms with Crippen molar-refractivity contribution in [1.29, 1.82) is 0 Å². The zero-order valence-electron chi connectivity index (χ0n) is 14.5. The van der Waals surface area contributed by atoms with Crippen LogP contribution in [0.5, 0.6) is 11.5 Å². The molecule has 0 N–H and O–H groups in total. The summed E-state index contributed by atoms with van der Waals surface area (Å²) < 4.78 is 95.4. The zero-order chi connectivity index (χ0) is 21.3. The molecule has 0 radical (unpaired) electrons. The van der Waals surface area contributed by atoms with Gasteiger partial charge < -0.3 is 9.64 Å². The van der Waals surface area contributed by atoms with E-state index < -0.39 is 23.6 Å². The Kier molecular flexibility index (Phi) is 5.63. The molecule has 0 heterocycles. The van der Waals surface area contributed by atoms with Crippen LogP contribution >= 0.6 is 0 Å². The summed E-state index contributed by atoms with van der Waals surface area (Å²) in [4.78, 5) is 13.1. The monoisotopic (exact) mass is 409 g/mol. The number of alkyl halides is 7. The number of benzene rings is 2. The van der Waals surface area contributed by atoms with Crippen LogP contribution in [-0.4, -0.2) is 37.0 Å². The number of ether oxygens (including phenoxy) is 1. The van der Waals surface area contributed by atoms with E-state index in [1.54, 1.807) is 14.1 Å². The van der Waals surface area contributed by atoms with Gasteiger partial charge in [0.05, 0.1) is 0 Å². The Labute approximate surface area is 155 Å². The highest BCUT2D eigenvalue weighted by Gasteiger charge is 2.73. The van der Waals surface area contributed by atoms with Crippen LogP contribution in [0.2, 0.25) is 0 Å². The number of carbonyl (C=O) groups excluding carboxylic acids is 1. The lowest BCUT2D eigenvalue weighted by atomic mass is 10.0. The van der Waals surface area contributed by atoms with E-state index in [1.807, 2.05) is 0 Å². The van der Waals surface area contributed by atoms with Gasteiger partial charge in [0.25, 0.3) is 5.91 Å². The van der Waals surface area contributed by atoms with Gasteiger partial charge in [0.15, 0.2) is 0 Å². The van der Waals surface area contributed by atoms with Crippen molar-refractivity contribution in [3.63, 3.8) is 0 Å². The molecule has 0 aromatic heterocycles. The minimum Gasteiger partial charge on any atom is -0.457 e. The number of carbonyl (C=O) groups is 1. The molecule has 0 atom stereocenters. The van der Waals surface area contributed by atoms with Gasteiger partial charge in [0.1, 0.15) is 11.5 Å². The predicted octanol–water partition coefficient (Wildman–Crippen LogP) is 5.47. The molecule has 0 aliphatic carbocycles. The van der Waals surface area contributed by atoms with Crippen LogP contribution in [0.15, 0.2) is 48.5 Å². The maximum absolute atomic E-state index is 13.6. The molecule has 0 fully saturated rings. The molecule has 152 valence electrons. The van der Waals surface area contributed by atoms with E-state index in [-0.39, 0.29) is 17.4 Å². The van der Waals surface area contributed by atoms with Gasteiger partial charge in [-0.25, -0.2) is 0 Å². The quantitative estimate of drug-likeness (QED) is 0.613. The average Bonchev–Trinajstić information content (AvgIpc) is 2.61. The van der Waals surface area contributed by atoms with Gasteiger partial charge in [0.2, 0.25) is 0 Å². The van der Waals surface area contributed by atoms with Crippen LogP contribution in [0, 0.1) is 0 Å². The number of halogens is 7. The number of nitrogens with zero attached hydrogens (tertiary/aromatic N) is 1. The third-order valence-electron chi connectivity index (χ3n) is 3.71. The molecule has 2 rings (SSSR count). The molecule has 3 nitrogen and oxygen atoms in total. The second-order valence-corrected chi connectivity index (χ2v) is 6.00. The van der Waals surface area contributed by atoms with E-state index in [9.17, 15) is 35.5 Å². The van der Waals surface area contributed by atoms with Crippen molar-refractivity contribution in [3.8, 4) is 11.5 Å². The van der Waals surface area contributed by atoms with E-state index in [0.29, 0.717) is 17.7 Å². The lowest BCUT2D eigenvalue weighted by molar-refractivity contribution is -0.359. The smallest absolute Gasteiger partial charge is 0.457 e. The van der Waals surface area contributed by atoms with Crippen molar-refractivity contribution in [3.05, 3.63) is 59.7 Å². The Hall–Kier alpha value is -2.78. The normalized spacial score (nSPS) is 12.6. The van der Waals surface area contributed by atoms with Crippen molar-refractivity contribution >= 4 is 5.91 Å². The molecule has 2 aromatic rings. The molecule has 28 heavy (non-hydrogen) atoms. The van der Waals surface area contributed by atoms with Crippen LogP contribution in [-0.2, 0) is 5.92 Å². The molecule has 0 unspecified atom stereocenters. The van der Waals surface area contributed by atoms with E-state index >= 15 is 0 Å². The van der Waals surface area contributed by atoms with Gasteiger partial charge in [-0.15, -0.1) is 0 Å². The lowest BCUT2D eigenvalue weighted by Gasteiger charge is -2.28. The third kappa shape index (κ3) is 4.05. The van der Waals surface area contributed by atoms with Gasteiger partial charge >= 0.3 is 18.0 Å². The first-order valence-electron chi connectivity index (χ1n) is 7.70. The molecular weight excluding hydrogens is 395 g/mol. The number of hydrogen-bond acceptors (Lipinski definition) is 2. The van der Waals surface area contributed by atoms with E-state index in [4.69, 9.17) is 4.74 Å². The van der Waals surface area contributed by atoms with Gasteiger partial charge in [-0.1, -0.05) is 0 Å².